The molecule has 0 radical (unpaired) electrons. The summed E-state index contributed by atoms with van der Waals surface area (Å²) in [6.45, 7) is -0.700. The molecule has 0 aliphatic carbocycles. The molecule has 0 spiro atoms. The molecule has 0 bridgehead atoms. The molecule has 1 amide bonds. The van der Waals surface area contributed by atoms with Crippen molar-refractivity contribution in [3.05, 3.63) is 58.7 Å². The summed E-state index contributed by atoms with van der Waals surface area (Å²) in [5.74, 6) is -0.580. The highest BCUT2D eigenvalue weighted by Crippen LogP contribution is 2.20. The van der Waals surface area contributed by atoms with Gasteiger partial charge in [-0.25, -0.2) is 14.6 Å². The van der Waals surface area contributed by atoms with Crippen molar-refractivity contribution in [2.45, 2.75) is 12.7 Å². The van der Waals surface area contributed by atoms with E-state index >= 15 is 0 Å². The van der Waals surface area contributed by atoms with E-state index in [2.05, 4.69) is 4.98 Å². The number of carbonyl (C=O) groups excluding carboxylic acids is 1. The highest BCUT2D eigenvalue weighted by Gasteiger charge is 2.22. The van der Waals surface area contributed by atoms with Gasteiger partial charge in [0, 0.05) is 13.1 Å². The van der Waals surface area contributed by atoms with Gasteiger partial charge in [-0.15, -0.1) is 0 Å². The summed E-state index contributed by atoms with van der Waals surface area (Å²) >= 11 is 0. The van der Waals surface area contributed by atoms with E-state index in [1.54, 1.807) is 0 Å². The standard InChI is InChI=1S/C18H19N3O6/c1-20-16-15(27-17(20)24)7-13(8-19-16)21(9-14(23)10-22)18(25)26-11-12-5-3-2-4-6-12/h2-8,14,22-23H,9-11H2,1H3. The molecule has 9 nitrogen and oxygen atoms in total. The number of rotatable bonds is 6. The number of aromatic nitrogens is 2. The molecule has 0 saturated heterocycles. The Hall–Kier alpha value is -3.17. The van der Waals surface area contributed by atoms with E-state index in [9.17, 15) is 14.7 Å². The van der Waals surface area contributed by atoms with Gasteiger partial charge in [0.25, 0.3) is 0 Å². The Balaban J connectivity index is 1.86. The van der Waals surface area contributed by atoms with E-state index in [0.717, 1.165) is 10.5 Å². The lowest BCUT2D eigenvalue weighted by Crippen LogP contribution is -2.39. The number of aliphatic hydroxyl groups excluding tert-OH is 2. The van der Waals surface area contributed by atoms with Crippen LogP contribution in [0.3, 0.4) is 0 Å². The van der Waals surface area contributed by atoms with Crippen molar-refractivity contribution in [1.29, 1.82) is 0 Å². The third kappa shape index (κ3) is 4.15. The van der Waals surface area contributed by atoms with Crippen molar-refractivity contribution >= 4 is 23.0 Å². The number of hydrogen-bond acceptors (Lipinski definition) is 7. The number of fused-ring (bicyclic) bond motifs is 1. The first kappa shape index (κ1) is 18.6. The van der Waals surface area contributed by atoms with Crippen LogP contribution in [-0.2, 0) is 18.4 Å². The number of ether oxygens (including phenoxy) is 1. The summed E-state index contributed by atoms with van der Waals surface area (Å²) in [5.41, 5.74) is 1.59. The van der Waals surface area contributed by atoms with Crippen LogP contribution in [0.1, 0.15) is 5.56 Å². The molecule has 0 saturated carbocycles. The lowest BCUT2D eigenvalue weighted by atomic mass is 10.2. The van der Waals surface area contributed by atoms with Crippen molar-refractivity contribution in [3.8, 4) is 0 Å². The molecule has 142 valence electrons. The number of amides is 1. The minimum atomic E-state index is -1.17. The summed E-state index contributed by atoms with van der Waals surface area (Å²) in [7, 11) is 1.52. The second kappa shape index (κ2) is 8.02. The van der Waals surface area contributed by atoms with E-state index in [1.165, 1.54) is 23.9 Å². The highest BCUT2D eigenvalue weighted by atomic mass is 16.6. The fourth-order valence-electron chi connectivity index (χ4n) is 2.50. The fraction of sp³-hybridized carbons (Fsp3) is 0.278. The van der Waals surface area contributed by atoms with Crippen LogP contribution in [0.25, 0.3) is 11.2 Å². The molecule has 1 unspecified atom stereocenters. The zero-order valence-electron chi connectivity index (χ0n) is 14.6. The van der Waals surface area contributed by atoms with Crippen molar-refractivity contribution in [2.75, 3.05) is 18.1 Å². The number of aliphatic hydroxyl groups is 2. The van der Waals surface area contributed by atoms with Crippen LogP contribution in [0.4, 0.5) is 10.5 Å². The van der Waals surface area contributed by atoms with E-state index in [1.807, 2.05) is 30.3 Å². The number of nitrogens with zero attached hydrogens (tertiary/aromatic N) is 3. The topological polar surface area (TPSA) is 118 Å². The van der Waals surface area contributed by atoms with Gasteiger partial charge in [0.1, 0.15) is 6.61 Å². The first-order valence-electron chi connectivity index (χ1n) is 8.22. The van der Waals surface area contributed by atoms with Gasteiger partial charge in [0.05, 0.1) is 31.1 Å². The second-order valence-electron chi connectivity index (χ2n) is 5.93. The summed E-state index contributed by atoms with van der Waals surface area (Å²) in [5, 5.41) is 18.9. The predicted molar refractivity (Wildman–Crippen MR) is 96.3 cm³/mol. The van der Waals surface area contributed by atoms with Gasteiger partial charge in [0.2, 0.25) is 0 Å². The van der Waals surface area contributed by atoms with Gasteiger partial charge in [-0.3, -0.25) is 9.47 Å². The maximum Gasteiger partial charge on any atom is 0.420 e. The van der Waals surface area contributed by atoms with E-state index in [-0.39, 0.29) is 24.4 Å². The minimum absolute atomic E-state index is 0.0431. The number of oxazole rings is 1. The first-order chi connectivity index (χ1) is 13.0. The average molecular weight is 373 g/mol. The normalized spacial score (nSPS) is 12.1. The molecule has 27 heavy (non-hydrogen) atoms. The van der Waals surface area contributed by atoms with Crippen molar-refractivity contribution in [2.24, 2.45) is 7.05 Å². The Morgan fingerprint density at radius 1 is 1.37 bits per heavy atom. The maximum absolute atomic E-state index is 12.6. The molecule has 0 aliphatic rings. The van der Waals surface area contributed by atoms with Gasteiger partial charge in [-0.2, -0.15) is 0 Å². The number of anilines is 1. The number of pyridine rings is 1. The Labute approximate surface area is 154 Å². The molecule has 2 heterocycles. The van der Waals surface area contributed by atoms with E-state index in [0.29, 0.717) is 5.65 Å². The van der Waals surface area contributed by atoms with Gasteiger partial charge in [-0.05, 0) is 5.56 Å². The Kier molecular flexibility index (Phi) is 5.53. The highest BCUT2D eigenvalue weighted by molar-refractivity contribution is 5.89. The average Bonchev–Trinajstić information content (AvgIpc) is 2.98. The van der Waals surface area contributed by atoms with Crippen LogP contribution < -0.4 is 10.7 Å². The molecule has 3 rings (SSSR count). The lowest BCUT2D eigenvalue weighted by Gasteiger charge is -2.23. The zero-order chi connectivity index (χ0) is 19.4. The van der Waals surface area contributed by atoms with Gasteiger partial charge in [0.15, 0.2) is 11.2 Å². The van der Waals surface area contributed by atoms with E-state index < -0.39 is 24.6 Å². The zero-order valence-corrected chi connectivity index (χ0v) is 14.6. The molecule has 1 atom stereocenters. The summed E-state index contributed by atoms with van der Waals surface area (Å²) < 4.78 is 11.6. The summed E-state index contributed by atoms with van der Waals surface area (Å²) in [6.07, 6.45) is -0.538. The van der Waals surface area contributed by atoms with Crippen LogP contribution in [0.5, 0.6) is 0 Å². The van der Waals surface area contributed by atoms with Crippen molar-refractivity contribution in [3.63, 3.8) is 0 Å². The maximum atomic E-state index is 12.6. The largest absolute Gasteiger partial charge is 0.444 e. The van der Waals surface area contributed by atoms with Crippen molar-refractivity contribution in [1.82, 2.24) is 9.55 Å². The van der Waals surface area contributed by atoms with Crippen LogP contribution in [0.2, 0.25) is 0 Å². The molecule has 2 aromatic heterocycles. The number of benzene rings is 1. The SMILES string of the molecule is Cn1c(=O)oc2cc(N(CC(O)CO)C(=O)OCc3ccccc3)cnc21. The van der Waals surface area contributed by atoms with E-state index in [4.69, 9.17) is 14.3 Å². The fourth-order valence-corrected chi connectivity index (χ4v) is 2.50. The molecule has 2 N–H and O–H groups in total. The first-order valence-corrected chi connectivity index (χ1v) is 8.22. The van der Waals surface area contributed by atoms with Gasteiger partial charge < -0.3 is 19.4 Å². The Morgan fingerprint density at radius 3 is 2.81 bits per heavy atom. The van der Waals surface area contributed by atoms with Gasteiger partial charge >= 0.3 is 11.8 Å². The number of hydrogen-bond donors (Lipinski definition) is 2. The molecule has 0 aliphatic heterocycles. The van der Waals surface area contributed by atoms with Crippen LogP contribution in [-0.4, -0.2) is 45.1 Å². The van der Waals surface area contributed by atoms with Crippen molar-refractivity contribution < 1.29 is 24.2 Å². The third-order valence-corrected chi connectivity index (χ3v) is 3.95. The molecule has 9 heteroatoms. The number of aryl methyl sites for hydroxylation is 1. The van der Waals surface area contributed by atoms with Crippen LogP contribution >= 0.6 is 0 Å². The molecule has 3 aromatic rings. The summed E-state index contributed by atoms with van der Waals surface area (Å²) in [6, 6.07) is 10.6. The van der Waals surface area contributed by atoms with Crippen LogP contribution in [0, 0.1) is 0 Å². The molecular weight excluding hydrogens is 354 g/mol. The Bertz CT molecular complexity index is 982. The summed E-state index contributed by atoms with van der Waals surface area (Å²) in [4.78, 5) is 29.4. The lowest BCUT2D eigenvalue weighted by molar-refractivity contribution is 0.0949. The quantitative estimate of drug-likeness (QED) is 0.662. The molecule has 0 fully saturated rings. The third-order valence-electron chi connectivity index (χ3n) is 3.95. The number of carbonyl (C=O) groups is 1. The second-order valence-corrected chi connectivity index (χ2v) is 5.93. The molecular formula is C18H19N3O6. The minimum Gasteiger partial charge on any atom is -0.444 e. The smallest absolute Gasteiger partial charge is 0.420 e. The predicted octanol–water partition coefficient (Wildman–Crippen LogP) is 1.02. The van der Waals surface area contributed by atoms with Gasteiger partial charge in [-0.1, -0.05) is 30.3 Å². The monoisotopic (exact) mass is 373 g/mol. The molecule has 1 aromatic carbocycles. The van der Waals surface area contributed by atoms with Crippen LogP contribution in [0.15, 0.2) is 51.8 Å². The Morgan fingerprint density at radius 2 is 2.11 bits per heavy atom.